The predicted octanol–water partition coefficient (Wildman–Crippen LogP) is 4.63. The summed E-state index contributed by atoms with van der Waals surface area (Å²) < 4.78 is 30.2. The smallest absolute Gasteiger partial charge is 0.241 e. The van der Waals surface area contributed by atoms with Gasteiger partial charge in [0.25, 0.3) is 0 Å². The summed E-state index contributed by atoms with van der Waals surface area (Å²) in [7, 11) is -3.60. The maximum atomic E-state index is 13.5. The molecule has 0 aromatic heterocycles. The Morgan fingerprint density at radius 3 is 2.48 bits per heavy atom. The van der Waals surface area contributed by atoms with Gasteiger partial charge in [-0.3, -0.25) is 4.79 Å². The zero-order valence-corrected chi connectivity index (χ0v) is 20.4. The first kappa shape index (κ1) is 22.8. The zero-order valence-electron chi connectivity index (χ0n) is 19.5. The normalized spacial score (nSPS) is 31.3. The van der Waals surface area contributed by atoms with Crippen LogP contribution in [0.5, 0.6) is 0 Å². The van der Waals surface area contributed by atoms with E-state index in [1.165, 1.54) is 0 Å². The molecule has 1 spiro atoms. The quantitative estimate of drug-likeness (QED) is 0.717. The van der Waals surface area contributed by atoms with Crippen molar-refractivity contribution in [2.75, 3.05) is 6.54 Å². The van der Waals surface area contributed by atoms with Gasteiger partial charge < -0.3 is 4.90 Å². The third-order valence-electron chi connectivity index (χ3n) is 8.15. The molecule has 2 aliphatic heterocycles. The van der Waals surface area contributed by atoms with Crippen LogP contribution < -0.4 is 4.72 Å². The Morgan fingerprint density at radius 1 is 1.10 bits per heavy atom. The number of benzene rings is 1. The zero-order chi connectivity index (χ0) is 22.4. The van der Waals surface area contributed by atoms with Crippen LogP contribution >= 0.6 is 0 Å². The van der Waals surface area contributed by atoms with Crippen LogP contribution in [0.15, 0.2) is 17.0 Å². The molecule has 2 saturated heterocycles. The van der Waals surface area contributed by atoms with E-state index in [9.17, 15) is 13.2 Å². The van der Waals surface area contributed by atoms with Gasteiger partial charge in [-0.05, 0) is 88.7 Å². The lowest BCUT2D eigenvalue weighted by atomic mass is 9.61. The Bertz CT molecular complexity index is 935. The number of carbonyl (C=O) groups is 1. The highest BCUT2D eigenvalue weighted by atomic mass is 32.2. The topological polar surface area (TPSA) is 66.5 Å². The second kappa shape index (κ2) is 8.51. The molecule has 0 bridgehead atoms. The average Bonchev–Trinajstić information content (AvgIpc) is 3.04. The van der Waals surface area contributed by atoms with E-state index in [1.54, 1.807) is 0 Å². The molecule has 4 rings (SSSR count). The van der Waals surface area contributed by atoms with Crippen molar-refractivity contribution in [3.05, 3.63) is 28.8 Å². The molecular weight excluding hydrogens is 408 g/mol. The number of amides is 1. The minimum atomic E-state index is -3.60. The Morgan fingerprint density at radius 2 is 1.81 bits per heavy atom. The number of sulfonamides is 1. The molecule has 1 aromatic carbocycles. The highest BCUT2D eigenvalue weighted by Gasteiger charge is 2.56. The van der Waals surface area contributed by atoms with Gasteiger partial charge in [-0.1, -0.05) is 31.0 Å². The third kappa shape index (κ3) is 3.95. The molecule has 172 valence electrons. The van der Waals surface area contributed by atoms with Crippen molar-refractivity contribution in [1.82, 2.24) is 9.62 Å². The maximum Gasteiger partial charge on any atom is 0.241 e. The fraction of sp³-hybridized carbons (Fsp3) is 0.720. The number of carbonyl (C=O) groups excluding carboxylic acids is 1. The minimum Gasteiger partial charge on any atom is -0.337 e. The van der Waals surface area contributed by atoms with E-state index in [2.05, 4.69) is 16.5 Å². The number of nitrogens with one attached hydrogen (secondary N) is 1. The van der Waals surface area contributed by atoms with Crippen LogP contribution in [-0.4, -0.2) is 37.4 Å². The van der Waals surface area contributed by atoms with Crippen LogP contribution in [0, 0.1) is 32.6 Å². The molecule has 3 aliphatic rings. The summed E-state index contributed by atoms with van der Waals surface area (Å²) >= 11 is 0. The molecule has 0 radical (unpaired) electrons. The Balaban J connectivity index is 1.66. The summed E-state index contributed by atoms with van der Waals surface area (Å²) in [5, 5.41) is 0. The van der Waals surface area contributed by atoms with Crippen LogP contribution in [0.4, 0.5) is 0 Å². The Labute approximate surface area is 188 Å². The van der Waals surface area contributed by atoms with Crippen LogP contribution in [0.3, 0.4) is 0 Å². The van der Waals surface area contributed by atoms with Gasteiger partial charge >= 0.3 is 0 Å². The largest absolute Gasteiger partial charge is 0.337 e. The molecular formula is C25H38N2O3S. The van der Waals surface area contributed by atoms with E-state index >= 15 is 0 Å². The first-order valence-electron chi connectivity index (χ1n) is 12.1. The van der Waals surface area contributed by atoms with Crippen molar-refractivity contribution in [2.45, 2.75) is 102 Å². The molecule has 31 heavy (non-hydrogen) atoms. The SMILES string of the molecule is CCC[C@H]1[C@@H](NS(=O)(=O)c2c(C)cc(C)cc2C)CC[C@@]23CCCN2C(=O)CCC[C@@H]13. The van der Waals surface area contributed by atoms with Gasteiger partial charge in [-0.2, -0.15) is 0 Å². The number of rotatable bonds is 5. The van der Waals surface area contributed by atoms with Gasteiger partial charge in [-0.25, -0.2) is 13.1 Å². The molecule has 1 aliphatic carbocycles. The van der Waals surface area contributed by atoms with Crippen molar-refractivity contribution < 1.29 is 13.2 Å². The summed E-state index contributed by atoms with van der Waals surface area (Å²) in [6, 6.07) is 3.85. The van der Waals surface area contributed by atoms with Crippen molar-refractivity contribution in [3.8, 4) is 0 Å². The van der Waals surface area contributed by atoms with Gasteiger partial charge in [0.1, 0.15) is 0 Å². The van der Waals surface area contributed by atoms with Crippen molar-refractivity contribution >= 4 is 15.9 Å². The lowest BCUT2D eigenvalue weighted by molar-refractivity contribution is -0.138. The number of hydrogen-bond donors (Lipinski definition) is 1. The van der Waals surface area contributed by atoms with Crippen LogP contribution in [0.2, 0.25) is 0 Å². The summed E-state index contributed by atoms with van der Waals surface area (Å²) in [6.07, 6.45) is 8.55. The van der Waals surface area contributed by atoms with Crippen LogP contribution in [0.1, 0.15) is 81.4 Å². The first-order valence-corrected chi connectivity index (χ1v) is 13.6. The van der Waals surface area contributed by atoms with Crippen molar-refractivity contribution in [2.24, 2.45) is 11.8 Å². The number of nitrogens with zero attached hydrogens (tertiary/aromatic N) is 1. The highest BCUT2D eigenvalue weighted by molar-refractivity contribution is 7.89. The molecule has 1 aromatic rings. The molecule has 1 amide bonds. The molecule has 4 atom stereocenters. The van der Waals surface area contributed by atoms with E-state index in [0.29, 0.717) is 23.1 Å². The van der Waals surface area contributed by atoms with Crippen molar-refractivity contribution in [3.63, 3.8) is 0 Å². The Hall–Kier alpha value is -1.40. The summed E-state index contributed by atoms with van der Waals surface area (Å²) in [6.45, 7) is 8.85. The van der Waals surface area contributed by atoms with Crippen molar-refractivity contribution in [1.29, 1.82) is 0 Å². The second-order valence-corrected chi connectivity index (χ2v) is 11.8. The average molecular weight is 447 g/mol. The third-order valence-corrected chi connectivity index (χ3v) is 9.94. The molecule has 0 unspecified atom stereocenters. The minimum absolute atomic E-state index is 0.0367. The molecule has 3 fully saturated rings. The van der Waals surface area contributed by atoms with Gasteiger partial charge in [0.2, 0.25) is 15.9 Å². The lowest BCUT2D eigenvalue weighted by Crippen LogP contribution is -2.60. The first-order chi connectivity index (χ1) is 14.7. The molecule has 6 heteroatoms. The van der Waals surface area contributed by atoms with E-state index in [4.69, 9.17) is 0 Å². The van der Waals surface area contributed by atoms with Crippen LogP contribution in [0.25, 0.3) is 0 Å². The number of hydrogen-bond acceptors (Lipinski definition) is 3. The fourth-order valence-electron chi connectivity index (χ4n) is 7.23. The van der Waals surface area contributed by atoms with E-state index in [1.807, 2.05) is 32.9 Å². The monoisotopic (exact) mass is 446 g/mol. The van der Waals surface area contributed by atoms with Crippen LogP contribution in [-0.2, 0) is 14.8 Å². The van der Waals surface area contributed by atoms with Gasteiger partial charge in [0, 0.05) is 24.5 Å². The molecule has 1 N–H and O–H groups in total. The summed E-state index contributed by atoms with van der Waals surface area (Å²) in [5.41, 5.74) is 2.67. The second-order valence-electron chi connectivity index (χ2n) is 10.2. The molecule has 1 saturated carbocycles. The lowest BCUT2D eigenvalue weighted by Gasteiger charge is -2.53. The van der Waals surface area contributed by atoms with E-state index in [0.717, 1.165) is 74.6 Å². The fourth-order valence-corrected chi connectivity index (χ4v) is 9.00. The Kier molecular flexibility index (Phi) is 6.25. The maximum absolute atomic E-state index is 13.5. The molecule has 5 nitrogen and oxygen atoms in total. The van der Waals surface area contributed by atoms with E-state index < -0.39 is 10.0 Å². The van der Waals surface area contributed by atoms with Gasteiger partial charge in [0.05, 0.1) is 4.90 Å². The molecule has 2 heterocycles. The highest BCUT2D eigenvalue weighted by Crippen LogP contribution is 2.52. The summed E-state index contributed by atoms with van der Waals surface area (Å²) in [5.74, 6) is 0.995. The standard InChI is InChI=1S/C25H38N2O3S/c1-5-8-20-21-9-6-10-23(28)27-14-7-12-25(21,27)13-11-22(20)26-31(29,30)24-18(3)15-17(2)16-19(24)4/h15-16,20-22,26H,5-14H2,1-4H3/t20-,21+,22+,25-/m1/s1. The van der Waals surface area contributed by atoms with E-state index in [-0.39, 0.29) is 17.5 Å². The summed E-state index contributed by atoms with van der Waals surface area (Å²) in [4.78, 5) is 15.5. The number of aryl methyl sites for hydroxylation is 3. The predicted molar refractivity (Wildman–Crippen MR) is 123 cm³/mol. The van der Waals surface area contributed by atoms with Gasteiger partial charge in [0.15, 0.2) is 0 Å². The van der Waals surface area contributed by atoms with Gasteiger partial charge in [-0.15, -0.1) is 0 Å².